The molecule has 9 aromatic rings. The van der Waals surface area contributed by atoms with Crippen LogP contribution in [0.5, 0.6) is 17.2 Å². The highest BCUT2D eigenvalue weighted by Gasteiger charge is 2.54. The summed E-state index contributed by atoms with van der Waals surface area (Å²) in [6.45, 7) is 0.632. The number of aromatic nitrogens is 2. The van der Waals surface area contributed by atoms with Crippen molar-refractivity contribution in [3.8, 4) is 17.2 Å². The summed E-state index contributed by atoms with van der Waals surface area (Å²) in [5, 5.41) is 7.77. The maximum atomic E-state index is 15.6. The van der Waals surface area contributed by atoms with Crippen LogP contribution < -0.4 is 53.2 Å². The largest absolute Gasteiger partial charge is 1.00 e. The number of aliphatic imine (C=N–C) groups is 1. The third-order valence-electron chi connectivity index (χ3n) is 16.9. The third kappa shape index (κ3) is 17.9. The Morgan fingerprint density at radius 3 is 1.92 bits per heavy atom. The Balaban J connectivity index is 0.0000108. The fourth-order valence-electron chi connectivity index (χ4n) is 11.9. The lowest BCUT2D eigenvalue weighted by Crippen LogP contribution is -3.00. The Kier molecular flexibility index (Phi) is 27.0. The van der Waals surface area contributed by atoms with E-state index >= 15 is 4.79 Å². The van der Waals surface area contributed by atoms with E-state index < -0.39 is 63.6 Å². The number of carbonyl (C=O) groups is 4. The molecule has 1 fully saturated rings. The minimum Gasteiger partial charge on any atom is -1.00 e. The lowest BCUT2D eigenvalue weighted by atomic mass is 9.77. The molecule has 538 valence electrons. The number of benzene rings is 7. The number of thioether (sulfide) groups is 1. The molecular formula is C78H74Cl2IN7O14S2. The Morgan fingerprint density at radius 1 is 0.740 bits per heavy atom. The molecule has 2 amide bonds. The topological polar surface area (TPSA) is 222 Å². The summed E-state index contributed by atoms with van der Waals surface area (Å²) < 4.78 is 60.8. The Morgan fingerprint density at radius 2 is 1.33 bits per heavy atom. The van der Waals surface area contributed by atoms with Gasteiger partial charge >= 0.3 is 11.9 Å². The van der Waals surface area contributed by atoms with Crippen molar-refractivity contribution in [2.24, 2.45) is 9.52 Å². The zero-order chi connectivity index (χ0) is 71.5. The molecule has 3 unspecified atom stereocenters. The lowest BCUT2D eigenvalue weighted by Gasteiger charge is -2.49. The number of fused-ring (bicyclic) bond motifs is 2. The molecule has 26 heteroatoms. The van der Waals surface area contributed by atoms with Gasteiger partial charge in [0.25, 0.3) is 11.6 Å². The van der Waals surface area contributed by atoms with Crippen molar-refractivity contribution in [2.75, 3.05) is 67.1 Å². The number of amides is 2. The Bertz CT molecular complexity index is 4470. The fourth-order valence-corrected chi connectivity index (χ4v) is 15.0. The van der Waals surface area contributed by atoms with Gasteiger partial charge in [-0.25, -0.2) is 28.4 Å². The molecule has 3 aliphatic rings. The number of hydrogen-bond donors (Lipinski definition) is 2. The number of nitrogens with one attached hydrogen (secondary N) is 2. The molecule has 7 aromatic carbocycles. The first kappa shape index (κ1) is 76.0. The number of hydrogen-bond acceptors (Lipinski definition) is 18. The summed E-state index contributed by atoms with van der Waals surface area (Å²) in [4.78, 5) is 72.8. The van der Waals surface area contributed by atoms with Crippen molar-refractivity contribution in [1.29, 1.82) is 0 Å². The van der Waals surface area contributed by atoms with Gasteiger partial charge in [-0.1, -0.05) is 204 Å². The van der Waals surface area contributed by atoms with Gasteiger partial charge < -0.3 is 77.2 Å². The van der Waals surface area contributed by atoms with Crippen LogP contribution in [0.1, 0.15) is 57.6 Å². The zero-order valence-electron chi connectivity index (χ0n) is 56.8. The SMILES string of the molecule is COCCOCOc1c(Cl)cc(C(ON=S2C=C(CC(=O)N[C@@H]3C(=O)N4C(C(=O)OCc5ccc(OC)cc5)=C(C=CCn5cc[n+]6ccccc56)CSC34)N=C2NC(c2ccccc2)(c2ccccc2)c2ccccc2)C(=O)OC(c2ccccc2)c2ccccc2)c(Cl)c1OCOCCOC.[I-]. The summed E-state index contributed by atoms with van der Waals surface area (Å²) in [5.74, 6) is -1.90. The standard InChI is InChI=1S/C78H73Cl2N7O14S2.HI/c1-92-42-44-95-51-98-71-63(79)47-62(66(80)72(71)99-52-96-45-43-93-2)70(76(91)100-69(54-22-9-4-10-23-54)55-24-11-5-12-25-55)101-84-103-50-60(81-77(103)83-78(57-27-13-6-14-28-57,58-29-15-7-16-30-58)59-31-17-8-18-32-59)46-64(88)82-67-73(89)87-68(75(90)97-48-53-34-36-61(94-3)37-35-53)56(49-102-74(67)87)26-21-39-86-41-40-85-38-20-19-33-65(85)86;/h4-38,40-41,47,50,67,69-70,74H,39,42-46,48-49,51-52H2,1-3H3,(H-,81,82,83,88);1H/t67-,70?,74?,103?;/m1./s1. The number of halogens is 3. The average molecular weight is 1600 g/mol. The van der Waals surface area contributed by atoms with Gasteiger partial charge in [0.05, 0.1) is 61.9 Å². The molecule has 104 heavy (non-hydrogen) atoms. The van der Waals surface area contributed by atoms with Crippen molar-refractivity contribution in [2.45, 2.75) is 48.7 Å². The summed E-state index contributed by atoms with van der Waals surface area (Å²) in [5.41, 5.74) is 5.07. The molecule has 0 bridgehead atoms. The maximum Gasteiger partial charge on any atom is 0.355 e. The van der Waals surface area contributed by atoms with Gasteiger partial charge in [0, 0.05) is 47.7 Å². The normalized spacial score (nSPS) is 15.9. The van der Waals surface area contributed by atoms with Crippen LogP contribution in [-0.2, 0) is 81.8 Å². The van der Waals surface area contributed by atoms with E-state index in [2.05, 4.69) is 15.2 Å². The van der Waals surface area contributed by atoms with Gasteiger partial charge in [0.1, 0.15) is 53.9 Å². The van der Waals surface area contributed by atoms with Gasteiger partial charge in [0.15, 0.2) is 36.4 Å². The van der Waals surface area contributed by atoms with Crippen molar-refractivity contribution >= 4 is 80.2 Å². The first-order chi connectivity index (χ1) is 50.5. The number of rotatable bonds is 33. The first-order valence-electron chi connectivity index (χ1n) is 32.9. The van der Waals surface area contributed by atoms with Crippen LogP contribution in [0.2, 0.25) is 10.0 Å². The second kappa shape index (κ2) is 37.0. The average Bonchev–Trinajstić information content (AvgIpc) is 0.823. The van der Waals surface area contributed by atoms with Crippen molar-refractivity contribution in [3.05, 3.63) is 302 Å². The summed E-state index contributed by atoms with van der Waals surface area (Å²) in [6, 6.07) is 61.2. The van der Waals surface area contributed by atoms with E-state index in [4.69, 9.17) is 80.2 Å². The highest BCUT2D eigenvalue weighted by atomic mass is 127. The zero-order valence-corrected chi connectivity index (χ0v) is 62.1. The third-order valence-corrected chi connectivity index (χ3v) is 20.2. The van der Waals surface area contributed by atoms with E-state index in [-0.39, 0.29) is 121 Å². The number of esters is 2. The van der Waals surface area contributed by atoms with E-state index in [1.54, 1.807) is 43.9 Å². The monoisotopic (exact) mass is 1590 g/mol. The van der Waals surface area contributed by atoms with Crippen molar-refractivity contribution in [1.82, 2.24) is 20.1 Å². The summed E-state index contributed by atoms with van der Waals surface area (Å²) in [7, 11) is 3.02. The van der Waals surface area contributed by atoms with E-state index in [1.165, 1.54) is 29.8 Å². The predicted molar refractivity (Wildman–Crippen MR) is 392 cm³/mol. The predicted octanol–water partition coefficient (Wildman–Crippen LogP) is 9.49. The van der Waals surface area contributed by atoms with Crippen LogP contribution in [0, 0.1) is 0 Å². The number of methoxy groups -OCH3 is 3. The van der Waals surface area contributed by atoms with Gasteiger partial charge in [-0.15, -0.1) is 11.8 Å². The second-order valence-electron chi connectivity index (χ2n) is 23.5. The van der Waals surface area contributed by atoms with Crippen LogP contribution in [0.3, 0.4) is 0 Å². The first-order valence-corrected chi connectivity index (χ1v) is 36.0. The quantitative estimate of drug-likeness (QED) is 0.00571. The molecule has 2 aromatic heterocycles. The number of nitrogens with zero attached hydrogens (tertiary/aromatic N) is 5. The smallest absolute Gasteiger partial charge is 0.355 e. The van der Waals surface area contributed by atoms with Gasteiger partial charge in [-0.3, -0.25) is 14.5 Å². The maximum absolute atomic E-state index is 15.6. The Hall–Kier alpha value is -9.19. The minimum atomic E-state index is -1.81. The van der Waals surface area contributed by atoms with Crippen LogP contribution in [0.15, 0.2) is 263 Å². The number of ether oxygens (including phenoxy) is 9. The molecule has 2 N–H and O–H groups in total. The number of imidazole rings is 1. The molecular weight excluding hydrogens is 1520 g/mol. The van der Waals surface area contributed by atoms with Crippen LogP contribution in [-0.4, -0.2) is 117 Å². The van der Waals surface area contributed by atoms with E-state index in [0.29, 0.717) is 40.3 Å². The molecule has 0 radical (unpaired) electrons. The number of pyridine rings is 1. The van der Waals surface area contributed by atoms with Gasteiger partial charge in [-0.05, 0) is 69.3 Å². The van der Waals surface area contributed by atoms with Gasteiger partial charge in [-0.2, -0.15) is 0 Å². The van der Waals surface area contributed by atoms with Crippen molar-refractivity contribution in [3.63, 3.8) is 0 Å². The molecule has 0 saturated carbocycles. The van der Waals surface area contributed by atoms with Crippen molar-refractivity contribution < 1.29 is 95.0 Å². The summed E-state index contributed by atoms with van der Waals surface area (Å²) in [6.07, 6.45) is 6.52. The van der Waals surface area contributed by atoms with E-state index in [1.807, 2.05) is 205 Å². The second-order valence-corrected chi connectivity index (χ2v) is 26.8. The molecule has 0 aliphatic carbocycles. The highest BCUT2D eigenvalue weighted by Crippen LogP contribution is 2.48. The minimum absolute atomic E-state index is 0. The molecule has 5 heterocycles. The lowest BCUT2D eigenvalue weighted by molar-refractivity contribution is -0.510. The molecule has 1 saturated heterocycles. The van der Waals surface area contributed by atoms with E-state index in [9.17, 15) is 14.4 Å². The number of amidine groups is 1. The fraction of sp³-hybridized carbons (Fsp3) is 0.231. The number of carbonyl (C=O) groups excluding carboxylic acids is 4. The van der Waals surface area contributed by atoms with Crippen LogP contribution >= 0.6 is 35.0 Å². The summed E-state index contributed by atoms with van der Waals surface area (Å²) >= 11 is 16.0. The van der Waals surface area contributed by atoms with Crippen LogP contribution in [0.25, 0.3) is 5.65 Å². The van der Waals surface area contributed by atoms with Gasteiger partial charge in [0.2, 0.25) is 12.0 Å². The highest BCUT2D eigenvalue weighted by molar-refractivity contribution is 8.05. The molecule has 12 rings (SSSR count). The molecule has 0 spiro atoms. The number of β-lactam (4-membered cyclic amide) rings is 1. The van der Waals surface area contributed by atoms with Crippen LogP contribution in [0.4, 0.5) is 0 Å². The molecule has 3 aliphatic heterocycles. The molecule has 4 atom stereocenters. The molecule has 21 nitrogen and oxygen atoms in total. The Labute approximate surface area is 635 Å². The number of allylic oxidation sites excluding steroid dienone is 2. The van der Waals surface area contributed by atoms with E-state index in [0.717, 1.165) is 22.3 Å².